The van der Waals surface area contributed by atoms with Crippen molar-refractivity contribution < 1.29 is 14.6 Å². The first-order chi connectivity index (χ1) is 11.2. The number of rotatable bonds is 11. The Morgan fingerprint density at radius 2 is 2.00 bits per heavy atom. The minimum absolute atomic E-state index is 0.348. The van der Waals surface area contributed by atoms with Crippen LogP contribution in [0.15, 0.2) is 42.1 Å². The van der Waals surface area contributed by atoms with E-state index < -0.39 is 6.10 Å². The third-order valence-corrected chi connectivity index (χ3v) is 3.54. The van der Waals surface area contributed by atoms with E-state index in [-0.39, 0.29) is 5.97 Å². The molecule has 2 N–H and O–H groups in total. The summed E-state index contributed by atoms with van der Waals surface area (Å²) in [6.45, 7) is 4.89. The number of carbonyl (C=O) groups excluding carboxylic acids is 1. The van der Waals surface area contributed by atoms with E-state index in [1.54, 1.807) is 6.92 Å². The summed E-state index contributed by atoms with van der Waals surface area (Å²) in [5.41, 5.74) is 1.85. The van der Waals surface area contributed by atoms with Crippen LogP contribution in [0, 0.1) is 0 Å². The van der Waals surface area contributed by atoms with Crippen LogP contribution in [0.5, 0.6) is 0 Å². The number of benzene rings is 1. The topological polar surface area (TPSA) is 58.6 Å². The lowest BCUT2D eigenvalue weighted by molar-refractivity contribution is -0.137. The van der Waals surface area contributed by atoms with E-state index in [2.05, 4.69) is 12.2 Å². The van der Waals surface area contributed by atoms with Crippen molar-refractivity contribution in [3.05, 3.63) is 47.7 Å². The molecule has 0 aliphatic carbocycles. The maximum Gasteiger partial charge on any atom is 0.332 e. The second kappa shape index (κ2) is 11.7. The molecule has 4 nitrogen and oxygen atoms in total. The fourth-order valence-corrected chi connectivity index (χ4v) is 2.31. The molecule has 1 aromatic rings. The molecule has 1 aromatic carbocycles. The molecule has 0 heterocycles. The molecule has 0 aliphatic heterocycles. The van der Waals surface area contributed by atoms with Gasteiger partial charge in [0, 0.05) is 24.7 Å². The van der Waals surface area contributed by atoms with E-state index in [0.29, 0.717) is 19.6 Å². The quantitative estimate of drug-likeness (QED) is 0.372. The highest BCUT2D eigenvalue weighted by Gasteiger charge is 2.10. The summed E-state index contributed by atoms with van der Waals surface area (Å²) < 4.78 is 4.97. The van der Waals surface area contributed by atoms with Gasteiger partial charge in [-0.05, 0) is 18.9 Å². The average Bonchev–Trinajstić information content (AvgIpc) is 2.54. The van der Waals surface area contributed by atoms with Crippen LogP contribution >= 0.6 is 0 Å². The molecule has 0 aliphatic rings. The van der Waals surface area contributed by atoms with Crippen molar-refractivity contribution in [2.24, 2.45) is 0 Å². The predicted molar refractivity (Wildman–Crippen MR) is 92.8 cm³/mol. The lowest BCUT2D eigenvalue weighted by Crippen LogP contribution is -2.20. The standard InChI is InChI=1S/C19H29NO3/c1-3-5-7-12-18(21)13-17(14-19(22)23-4-2)20-15-16-10-8-6-9-11-16/h6,8-11,14,18,20-21H,3-5,7,12-13,15H2,1-2H3. The Labute approximate surface area is 139 Å². The summed E-state index contributed by atoms with van der Waals surface area (Å²) in [6.07, 6.45) is 5.45. The number of nitrogens with one attached hydrogen (secondary N) is 1. The lowest BCUT2D eigenvalue weighted by Gasteiger charge is -2.15. The van der Waals surface area contributed by atoms with E-state index in [0.717, 1.165) is 36.9 Å². The average molecular weight is 319 g/mol. The van der Waals surface area contributed by atoms with Crippen molar-refractivity contribution in [1.82, 2.24) is 5.32 Å². The SMILES string of the molecule is CCCCCC(O)CC(=CC(=O)OCC)NCc1ccccc1. The maximum absolute atomic E-state index is 11.7. The van der Waals surface area contributed by atoms with Crippen LogP contribution in [0.3, 0.4) is 0 Å². The van der Waals surface area contributed by atoms with Crippen LogP contribution in [-0.2, 0) is 16.1 Å². The maximum atomic E-state index is 11.7. The highest BCUT2D eigenvalue weighted by Crippen LogP contribution is 2.12. The zero-order valence-electron chi connectivity index (χ0n) is 14.3. The Morgan fingerprint density at radius 3 is 2.65 bits per heavy atom. The largest absolute Gasteiger partial charge is 0.463 e. The number of aliphatic hydroxyl groups excluding tert-OH is 1. The van der Waals surface area contributed by atoms with E-state index in [9.17, 15) is 9.90 Å². The Bertz CT molecular complexity index is 471. The number of esters is 1. The molecule has 0 fully saturated rings. The van der Waals surface area contributed by atoms with Gasteiger partial charge in [0.25, 0.3) is 0 Å². The third kappa shape index (κ3) is 9.04. The first-order valence-corrected chi connectivity index (χ1v) is 8.48. The number of hydrogen-bond donors (Lipinski definition) is 2. The Morgan fingerprint density at radius 1 is 1.26 bits per heavy atom. The molecule has 0 amide bonds. The predicted octanol–water partition coefficient (Wildman–Crippen LogP) is 3.55. The van der Waals surface area contributed by atoms with Crippen molar-refractivity contribution in [1.29, 1.82) is 0 Å². The molecule has 0 aromatic heterocycles. The smallest absolute Gasteiger partial charge is 0.332 e. The van der Waals surface area contributed by atoms with Crippen LogP contribution < -0.4 is 5.32 Å². The van der Waals surface area contributed by atoms with Crippen LogP contribution in [0.25, 0.3) is 0 Å². The van der Waals surface area contributed by atoms with Gasteiger partial charge in [0.1, 0.15) is 0 Å². The zero-order valence-corrected chi connectivity index (χ0v) is 14.3. The van der Waals surface area contributed by atoms with Crippen LogP contribution in [-0.4, -0.2) is 23.8 Å². The van der Waals surface area contributed by atoms with Crippen LogP contribution in [0.4, 0.5) is 0 Å². The minimum atomic E-state index is -0.439. The lowest BCUT2D eigenvalue weighted by atomic mass is 10.1. The normalized spacial score (nSPS) is 12.7. The summed E-state index contributed by atoms with van der Waals surface area (Å²) in [4.78, 5) is 11.7. The van der Waals surface area contributed by atoms with Crippen LogP contribution in [0.1, 0.15) is 51.5 Å². The second-order valence-corrected chi connectivity index (χ2v) is 5.61. The molecule has 1 atom stereocenters. The molecule has 23 heavy (non-hydrogen) atoms. The van der Waals surface area contributed by atoms with Gasteiger partial charge in [0.15, 0.2) is 0 Å². The summed E-state index contributed by atoms with van der Waals surface area (Å²) in [5, 5.41) is 13.4. The van der Waals surface area contributed by atoms with Crippen molar-refractivity contribution in [3.8, 4) is 0 Å². The van der Waals surface area contributed by atoms with Crippen molar-refractivity contribution in [2.75, 3.05) is 6.61 Å². The molecule has 128 valence electrons. The molecule has 0 saturated heterocycles. The highest BCUT2D eigenvalue weighted by molar-refractivity contribution is 5.82. The van der Waals surface area contributed by atoms with Gasteiger partial charge in [-0.15, -0.1) is 0 Å². The van der Waals surface area contributed by atoms with Crippen molar-refractivity contribution in [2.45, 2.75) is 58.6 Å². The van der Waals surface area contributed by atoms with Crippen molar-refractivity contribution in [3.63, 3.8) is 0 Å². The number of carbonyl (C=O) groups is 1. The number of aliphatic hydroxyl groups is 1. The van der Waals surface area contributed by atoms with E-state index >= 15 is 0 Å². The molecule has 0 saturated carbocycles. The highest BCUT2D eigenvalue weighted by atomic mass is 16.5. The molecular weight excluding hydrogens is 290 g/mol. The Balaban J connectivity index is 2.59. The molecule has 1 rings (SSSR count). The third-order valence-electron chi connectivity index (χ3n) is 3.54. The summed E-state index contributed by atoms with van der Waals surface area (Å²) >= 11 is 0. The minimum Gasteiger partial charge on any atom is -0.463 e. The number of unbranched alkanes of at least 4 members (excludes halogenated alkanes) is 2. The number of ether oxygens (including phenoxy) is 1. The molecule has 0 spiro atoms. The summed E-state index contributed by atoms with van der Waals surface area (Å²) in [7, 11) is 0. The van der Waals surface area contributed by atoms with Crippen LogP contribution in [0.2, 0.25) is 0 Å². The van der Waals surface area contributed by atoms with Gasteiger partial charge in [-0.2, -0.15) is 0 Å². The van der Waals surface area contributed by atoms with Gasteiger partial charge < -0.3 is 15.2 Å². The van der Waals surface area contributed by atoms with E-state index in [4.69, 9.17) is 4.74 Å². The molecule has 0 radical (unpaired) electrons. The monoisotopic (exact) mass is 319 g/mol. The van der Waals surface area contributed by atoms with Gasteiger partial charge in [-0.1, -0.05) is 56.5 Å². The van der Waals surface area contributed by atoms with E-state index in [1.165, 1.54) is 6.08 Å². The Hall–Kier alpha value is -1.81. The second-order valence-electron chi connectivity index (χ2n) is 5.61. The van der Waals surface area contributed by atoms with E-state index in [1.807, 2.05) is 30.3 Å². The summed E-state index contributed by atoms with van der Waals surface area (Å²) in [5.74, 6) is -0.371. The van der Waals surface area contributed by atoms with Gasteiger partial charge in [0.2, 0.25) is 0 Å². The Kier molecular flexibility index (Phi) is 9.80. The van der Waals surface area contributed by atoms with Gasteiger partial charge in [-0.3, -0.25) is 0 Å². The van der Waals surface area contributed by atoms with Crippen molar-refractivity contribution >= 4 is 5.97 Å². The summed E-state index contributed by atoms with van der Waals surface area (Å²) in [6, 6.07) is 9.96. The fourth-order valence-electron chi connectivity index (χ4n) is 2.31. The fraction of sp³-hybridized carbons (Fsp3) is 0.526. The molecule has 0 bridgehead atoms. The zero-order chi connectivity index (χ0) is 16.9. The molecule has 4 heteroatoms. The van der Waals surface area contributed by atoms with Gasteiger partial charge >= 0.3 is 5.97 Å². The van der Waals surface area contributed by atoms with Gasteiger partial charge in [-0.25, -0.2) is 4.79 Å². The molecular formula is C19H29NO3. The first-order valence-electron chi connectivity index (χ1n) is 8.48. The van der Waals surface area contributed by atoms with Gasteiger partial charge in [0.05, 0.1) is 12.7 Å². The number of hydrogen-bond acceptors (Lipinski definition) is 4. The molecule has 1 unspecified atom stereocenters. The first kappa shape index (κ1) is 19.2.